The van der Waals surface area contributed by atoms with E-state index < -0.39 is 16.1 Å². The minimum absolute atomic E-state index is 0.0506. The van der Waals surface area contributed by atoms with E-state index in [4.69, 9.17) is 0 Å². The topological polar surface area (TPSA) is 98.8 Å². The van der Waals surface area contributed by atoms with Crippen molar-refractivity contribution in [1.82, 2.24) is 9.21 Å². The summed E-state index contributed by atoms with van der Waals surface area (Å²) in [6.45, 7) is 6.79. The van der Waals surface area contributed by atoms with Crippen molar-refractivity contribution in [3.63, 3.8) is 0 Å². The fourth-order valence-corrected chi connectivity index (χ4v) is 5.19. The molecule has 0 aliphatic carbocycles. The van der Waals surface area contributed by atoms with Gasteiger partial charge in [0, 0.05) is 24.5 Å². The molecule has 1 heterocycles. The smallest absolute Gasteiger partial charge is 0.243 e. The van der Waals surface area contributed by atoms with Crippen LogP contribution in [0.2, 0.25) is 0 Å². The summed E-state index contributed by atoms with van der Waals surface area (Å²) in [7, 11) is -1.78. The largest absolute Gasteiger partial charge is 0.325 e. The highest BCUT2D eigenvalue weighted by Crippen LogP contribution is 2.22. The molecule has 33 heavy (non-hydrogen) atoms. The predicted octanol–water partition coefficient (Wildman–Crippen LogP) is 2.99. The molecule has 2 N–H and O–H groups in total. The third-order valence-electron chi connectivity index (χ3n) is 6.14. The zero-order valence-electron chi connectivity index (χ0n) is 19.6. The molecule has 0 saturated carbocycles. The lowest BCUT2D eigenvalue weighted by molar-refractivity contribution is -0.122. The van der Waals surface area contributed by atoms with Crippen LogP contribution in [0.3, 0.4) is 0 Å². The van der Waals surface area contributed by atoms with E-state index in [1.54, 1.807) is 31.0 Å². The van der Waals surface area contributed by atoms with Crippen molar-refractivity contribution in [2.24, 2.45) is 0 Å². The van der Waals surface area contributed by atoms with Gasteiger partial charge in [0.2, 0.25) is 21.8 Å². The van der Waals surface area contributed by atoms with Crippen LogP contribution in [0, 0.1) is 13.8 Å². The van der Waals surface area contributed by atoms with Gasteiger partial charge in [-0.25, -0.2) is 8.42 Å². The Morgan fingerprint density at radius 1 is 1.03 bits per heavy atom. The van der Waals surface area contributed by atoms with E-state index in [-0.39, 0.29) is 23.3 Å². The highest BCUT2D eigenvalue weighted by atomic mass is 32.2. The summed E-state index contributed by atoms with van der Waals surface area (Å²) >= 11 is 0. The van der Waals surface area contributed by atoms with Crippen molar-refractivity contribution in [3.05, 3.63) is 53.6 Å². The van der Waals surface area contributed by atoms with E-state index in [9.17, 15) is 18.0 Å². The van der Waals surface area contributed by atoms with Gasteiger partial charge in [-0.1, -0.05) is 12.1 Å². The number of carbonyl (C=O) groups is 2. The van der Waals surface area contributed by atoms with Crippen LogP contribution in [-0.2, 0) is 19.6 Å². The first-order valence-corrected chi connectivity index (χ1v) is 12.5. The summed E-state index contributed by atoms with van der Waals surface area (Å²) in [5, 5.41) is 5.69. The second-order valence-corrected chi connectivity index (χ2v) is 10.4. The number of hydrogen-bond donors (Lipinski definition) is 2. The molecule has 0 spiro atoms. The molecule has 1 atom stereocenters. The zero-order chi connectivity index (χ0) is 24.2. The summed E-state index contributed by atoms with van der Waals surface area (Å²) in [5.41, 5.74) is 3.36. The molecule has 178 valence electrons. The van der Waals surface area contributed by atoms with Gasteiger partial charge in [-0.05, 0) is 82.1 Å². The maximum atomic E-state index is 12.7. The first kappa shape index (κ1) is 24.9. The average Bonchev–Trinajstić information content (AvgIpc) is 3.32. The summed E-state index contributed by atoms with van der Waals surface area (Å²) in [6.07, 6.45) is 1.75. The molecule has 1 aliphatic heterocycles. The quantitative estimate of drug-likeness (QED) is 0.615. The van der Waals surface area contributed by atoms with E-state index >= 15 is 0 Å². The minimum atomic E-state index is -3.49. The Morgan fingerprint density at radius 2 is 1.67 bits per heavy atom. The van der Waals surface area contributed by atoms with Crippen LogP contribution < -0.4 is 10.6 Å². The van der Waals surface area contributed by atoms with Gasteiger partial charge in [0.05, 0.1) is 17.5 Å². The Bertz CT molecular complexity index is 1110. The predicted molar refractivity (Wildman–Crippen MR) is 130 cm³/mol. The van der Waals surface area contributed by atoms with E-state index in [0.717, 1.165) is 29.7 Å². The van der Waals surface area contributed by atoms with Crippen molar-refractivity contribution in [2.75, 3.05) is 37.3 Å². The second kappa shape index (κ2) is 10.5. The molecule has 2 aromatic rings. The first-order chi connectivity index (χ1) is 15.6. The van der Waals surface area contributed by atoms with Crippen LogP contribution >= 0.6 is 0 Å². The second-order valence-electron chi connectivity index (χ2n) is 8.51. The van der Waals surface area contributed by atoms with Gasteiger partial charge in [-0.3, -0.25) is 14.5 Å². The average molecular weight is 473 g/mol. The molecule has 3 rings (SSSR count). The van der Waals surface area contributed by atoms with Crippen molar-refractivity contribution in [3.8, 4) is 0 Å². The Labute approximate surface area is 196 Å². The molecule has 2 amide bonds. The summed E-state index contributed by atoms with van der Waals surface area (Å²) in [4.78, 5) is 27.0. The molecular weight excluding hydrogens is 440 g/mol. The number of carbonyl (C=O) groups excluding carboxylic acids is 2. The number of nitrogens with one attached hydrogen (secondary N) is 2. The standard InChI is InChI=1S/C24H32N4O4S/c1-17-8-7-9-22(18(17)2)26-23(29)16-27(4)19(3)24(30)25-20-10-12-21(13-11-20)33(31,32)28-14-5-6-15-28/h7-13,19H,5-6,14-16H2,1-4H3,(H,25,30)(H,26,29). The van der Waals surface area contributed by atoms with Crippen LogP contribution in [0.15, 0.2) is 47.4 Å². The van der Waals surface area contributed by atoms with Crippen molar-refractivity contribution in [2.45, 2.75) is 44.6 Å². The van der Waals surface area contributed by atoms with Gasteiger partial charge >= 0.3 is 0 Å². The number of aryl methyl sites for hydroxylation is 1. The maximum Gasteiger partial charge on any atom is 0.243 e. The summed E-state index contributed by atoms with van der Waals surface area (Å²) in [5.74, 6) is -0.491. The number of rotatable bonds is 8. The fraction of sp³-hybridized carbons (Fsp3) is 0.417. The lowest BCUT2D eigenvalue weighted by atomic mass is 10.1. The van der Waals surface area contributed by atoms with Crippen molar-refractivity contribution < 1.29 is 18.0 Å². The number of anilines is 2. The summed E-state index contributed by atoms with van der Waals surface area (Å²) in [6, 6.07) is 11.3. The molecule has 2 aromatic carbocycles. The van der Waals surface area contributed by atoms with E-state index in [2.05, 4.69) is 10.6 Å². The number of sulfonamides is 1. The Balaban J connectivity index is 1.56. The molecule has 1 unspecified atom stereocenters. The molecular formula is C24H32N4O4S. The Morgan fingerprint density at radius 3 is 2.30 bits per heavy atom. The van der Waals surface area contributed by atoms with E-state index in [1.165, 1.54) is 16.4 Å². The Kier molecular flexibility index (Phi) is 7.88. The molecule has 0 radical (unpaired) electrons. The fourth-order valence-electron chi connectivity index (χ4n) is 3.67. The molecule has 0 bridgehead atoms. The summed E-state index contributed by atoms with van der Waals surface area (Å²) < 4.78 is 26.8. The number of hydrogen-bond acceptors (Lipinski definition) is 5. The molecule has 9 heteroatoms. The molecule has 1 saturated heterocycles. The highest BCUT2D eigenvalue weighted by molar-refractivity contribution is 7.89. The van der Waals surface area contributed by atoms with Gasteiger partial charge in [0.15, 0.2) is 0 Å². The van der Waals surface area contributed by atoms with Crippen LogP contribution in [0.5, 0.6) is 0 Å². The van der Waals surface area contributed by atoms with E-state index in [1.807, 2.05) is 32.0 Å². The molecule has 0 aromatic heterocycles. The van der Waals surface area contributed by atoms with Crippen LogP contribution in [-0.4, -0.2) is 62.2 Å². The Hall–Kier alpha value is -2.75. The lowest BCUT2D eigenvalue weighted by Crippen LogP contribution is -2.43. The van der Waals surface area contributed by atoms with Crippen LogP contribution in [0.1, 0.15) is 30.9 Å². The van der Waals surface area contributed by atoms with Gasteiger partial charge in [0.1, 0.15) is 0 Å². The molecule has 8 nitrogen and oxygen atoms in total. The normalized spacial score (nSPS) is 15.4. The van der Waals surface area contributed by atoms with Crippen LogP contribution in [0.25, 0.3) is 0 Å². The van der Waals surface area contributed by atoms with Gasteiger partial charge < -0.3 is 10.6 Å². The van der Waals surface area contributed by atoms with E-state index in [0.29, 0.717) is 18.8 Å². The number of amides is 2. The van der Waals surface area contributed by atoms with Gasteiger partial charge in [-0.2, -0.15) is 4.31 Å². The van der Waals surface area contributed by atoms with Crippen molar-refractivity contribution >= 4 is 33.2 Å². The van der Waals surface area contributed by atoms with Crippen molar-refractivity contribution in [1.29, 1.82) is 0 Å². The first-order valence-electron chi connectivity index (χ1n) is 11.1. The van der Waals surface area contributed by atoms with Gasteiger partial charge in [-0.15, -0.1) is 0 Å². The zero-order valence-corrected chi connectivity index (χ0v) is 20.4. The minimum Gasteiger partial charge on any atom is -0.325 e. The highest BCUT2D eigenvalue weighted by Gasteiger charge is 2.27. The lowest BCUT2D eigenvalue weighted by Gasteiger charge is -2.23. The monoisotopic (exact) mass is 472 g/mol. The number of nitrogens with zero attached hydrogens (tertiary/aromatic N) is 2. The SMILES string of the molecule is Cc1cccc(NC(=O)CN(C)C(C)C(=O)Nc2ccc(S(=O)(=O)N3CCCC3)cc2)c1C. The van der Waals surface area contributed by atoms with Gasteiger partial charge in [0.25, 0.3) is 0 Å². The molecule has 1 fully saturated rings. The number of likely N-dealkylation sites (N-methyl/N-ethyl adjacent to an activating group) is 1. The van der Waals surface area contributed by atoms with Crippen LogP contribution in [0.4, 0.5) is 11.4 Å². The third-order valence-corrected chi connectivity index (χ3v) is 8.05. The maximum absolute atomic E-state index is 12.7. The number of benzene rings is 2. The molecule has 1 aliphatic rings. The third kappa shape index (κ3) is 5.98.